The highest BCUT2D eigenvalue weighted by Crippen LogP contribution is 2.38. The molecule has 1 N–H and O–H groups in total. The van der Waals surface area contributed by atoms with Crippen LogP contribution in [0.15, 0.2) is 54.6 Å². The van der Waals surface area contributed by atoms with Gasteiger partial charge in [0.2, 0.25) is 0 Å². The van der Waals surface area contributed by atoms with Crippen molar-refractivity contribution in [1.82, 2.24) is 0 Å². The summed E-state index contributed by atoms with van der Waals surface area (Å²) in [5, 5.41) is 19.3. The number of hydrogen-bond acceptors (Lipinski definition) is 3. The van der Waals surface area contributed by atoms with Gasteiger partial charge in [-0.05, 0) is 29.5 Å². The van der Waals surface area contributed by atoms with Crippen LogP contribution in [-0.2, 0) is 0 Å². The molecular weight excluding hydrogens is 254 g/mol. The number of benzene rings is 2. The Balaban J connectivity index is 2.25. The Morgan fingerprint density at radius 2 is 1.63 bits per heavy atom. The molecule has 3 heteroatoms. The summed E-state index contributed by atoms with van der Waals surface area (Å²) in [7, 11) is 0. The van der Waals surface area contributed by atoms with Crippen LogP contribution < -0.4 is 0 Å². The first-order valence-electron chi connectivity index (χ1n) is 6.02. The minimum atomic E-state index is -0.579. The lowest BCUT2D eigenvalue weighted by Gasteiger charge is -2.22. The summed E-state index contributed by atoms with van der Waals surface area (Å²) in [6, 6.07) is 19.1. The molecule has 2 nitrogen and oxygen atoms in total. The minimum absolute atomic E-state index is 0.00543. The molecule has 2 rings (SSSR count). The van der Waals surface area contributed by atoms with Crippen molar-refractivity contribution in [3.8, 4) is 6.07 Å². The van der Waals surface area contributed by atoms with E-state index in [2.05, 4.69) is 6.07 Å². The van der Waals surface area contributed by atoms with Gasteiger partial charge < -0.3 is 5.11 Å². The van der Waals surface area contributed by atoms with Crippen molar-refractivity contribution in [2.45, 2.75) is 11.4 Å². The molecule has 19 heavy (non-hydrogen) atoms. The molecular formula is C16H15NOS. The van der Waals surface area contributed by atoms with Crippen molar-refractivity contribution < 1.29 is 5.11 Å². The summed E-state index contributed by atoms with van der Waals surface area (Å²) in [5.41, 5.74) is 2.55. The highest BCUT2D eigenvalue weighted by molar-refractivity contribution is 7.98. The Hall–Kier alpha value is -1.76. The molecule has 0 aliphatic heterocycles. The lowest BCUT2D eigenvalue weighted by Crippen LogP contribution is -2.07. The zero-order valence-corrected chi connectivity index (χ0v) is 11.5. The average molecular weight is 269 g/mol. The number of nitriles is 1. The molecule has 96 valence electrons. The third-order valence-corrected chi connectivity index (χ3v) is 4.09. The van der Waals surface area contributed by atoms with Crippen molar-refractivity contribution in [1.29, 1.82) is 5.26 Å². The fraction of sp³-hybridized carbons (Fsp3) is 0.188. The normalized spacial score (nSPS) is 13.5. The van der Waals surface area contributed by atoms with E-state index in [1.54, 1.807) is 23.9 Å². The van der Waals surface area contributed by atoms with Gasteiger partial charge in [-0.25, -0.2) is 0 Å². The van der Waals surface area contributed by atoms with E-state index in [0.29, 0.717) is 5.56 Å². The molecule has 0 heterocycles. The Kier molecular flexibility index (Phi) is 4.62. The molecule has 0 aliphatic carbocycles. The maximum absolute atomic E-state index is 10.5. The van der Waals surface area contributed by atoms with E-state index in [-0.39, 0.29) is 5.25 Å². The molecule has 0 radical (unpaired) electrons. The standard InChI is InChI=1S/C16H15NOS/c1-19-16(14-5-3-2-4-6-14)15(18)13-9-7-12(11-17)8-10-13/h2-10,15-16,18H,1H3/t15-,16+/m1/s1. The van der Waals surface area contributed by atoms with Gasteiger partial charge in [-0.2, -0.15) is 17.0 Å². The minimum Gasteiger partial charge on any atom is -0.387 e. The highest BCUT2D eigenvalue weighted by Gasteiger charge is 2.21. The first-order chi connectivity index (χ1) is 9.26. The van der Waals surface area contributed by atoms with Crippen LogP contribution in [-0.4, -0.2) is 11.4 Å². The average Bonchev–Trinajstić information content (AvgIpc) is 2.49. The van der Waals surface area contributed by atoms with Crippen LogP contribution in [0.2, 0.25) is 0 Å². The first kappa shape index (κ1) is 13.7. The molecule has 0 spiro atoms. The number of rotatable bonds is 4. The quantitative estimate of drug-likeness (QED) is 0.920. The van der Waals surface area contributed by atoms with Crippen LogP contribution >= 0.6 is 11.8 Å². The van der Waals surface area contributed by atoms with Gasteiger partial charge in [0.1, 0.15) is 0 Å². The molecule has 0 bridgehead atoms. The van der Waals surface area contributed by atoms with Gasteiger partial charge in [-0.15, -0.1) is 0 Å². The predicted octanol–water partition coefficient (Wildman–Crippen LogP) is 3.70. The number of hydrogen-bond donors (Lipinski definition) is 1. The van der Waals surface area contributed by atoms with Gasteiger partial charge in [0.05, 0.1) is 23.0 Å². The van der Waals surface area contributed by atoms with Crippen LogP contribution in [0.3, 0.4) is 0 Å². The second-order valence-electron chi connectivity index (χ2n) is 4.25. The Morgan fingerprint density at radius 3 is 2.16 bits per heavy atom. The molecule has 0 amide bonds. The van der Waals surface area contributed by atoms with E-state index in [0.717, 1.165) is 11.1 Å². The topological polar surface area (TPSA) is 44.0 Å². The second kappa shape index (κ2) is 6.42. The van der Waals surface area contributed by atoms with Crippen molar-refractivity contribution in [3.63, 3.8) is 0 Å². The second-order valence-corrected chi connectivity index (χ2v) is 5.22. The zero-order chi connectivity index (χ0) is 13.7. The van der Waals surface area contributed by atoms with Gasteiger partial charge >= 0.3 is 0 Å². The third-order valence-electron chi connectivity index (χ3n) is 3.05. The van der Waals surface area contributed by atoms with Crippen molar-refractivity contribution in [2.24, 2.45) is 0 Å². The Labute approximate surface area is 117 Å². The van der Waals surface area contributed by atoms with Crippen LogP contribution in [0.1, 0.15) is 28.0 Å². The summed E-state index contributed by atoms with van der Waals surface area (Å²) < 4.78 is 0. The molecule has 2 atom stereocenters. The van der Waals surface area contributed by atoms with E-state index in [9.17, 15) is 5.11 Å². The van der Waals surface area contributed by atoms with E-state index in [4.69, 9.17) is 5.26 Å². The molecule has 0 saturated carbocycles. The predicted molar refractivity (Wildman–Crippen MR) is 78.8 cm³/mol. The van der Waals surface area contributed by atoms with E-state index in [1.807, 2.05) is 48.7 Å². The molecule has 0 saturated heterocycles. The Bertz CT molecular complexity index is 560. The van der Waals surface area contributed by atoms with E-state index >= 15 is 0 Å². The van der Waals surface area contributed by atoms with Gasteiger partial charge in [0.25, 0.3) is 0 Å². The molecule has 0 unspecified atom stereocenters. The van der Waals surface area contributed by atoms with Crippen molar-refractivity contribution in [2.75, 3.05) is 6.26 Å². The molecule has 0 aliphatic rings. The Morgan fingerprint density at radius 1 is 1.00 bits per heavy atom. The van der Waals surface area contributed by atoms with Gasteiger partial charge in [0, 0.05) is 0 Å². The summed E-state index contributed by atoms with van der Waals surface area (Å²) in [5.74, 6) is 0. The lowest BCUT2D eigenvalue weighted by molar-refractivity contribution is 0.175. The SMILES string of the molecule is CS[C@@H](c1ccccc1)[C@H](O)c1ccc(C#N)cc1. The van der Waals surface area contributed by atoms with Crippen LogP contribution in [0.25, 0.3) is 0 Å². The van der Waals surface area contributed by atoms with Crippen molar-refractivity contribution in [3.05, 3.63) is 71.3 Å². The summed E-state index contributed by atoms with van der Waals surface area (Å²) in [4.78, 5) is 0. The number of aliphatic hydroxyl groups excluding tert-OH is 1. The number of thioether (sulfide) groups is 1. The molecule has 2 aromatic rings. The van der Waals surface area contributed by atoms with Crippen LogP contribution in [0.4, 0.5) is 0 Å². The summed E-state index contributed by atoms with van der Waals surface area (Å²) in [6.07, 6.45) is 1.41. The van der Waals surface area contributed by atoms with Gasteiger partial charge in [0.15, 0.2) is 0 Å². The molecule has 2 aromatic carbocycles. The van der Waals surface area contributed by atoms with E-state index in [1.165, 1.54) is 0 Å². The summed E-state index contributed by atoms with van der Waals surface area (Å²) in [6.45, 7) is 0. The molecule has 0 aromatic heterocycles. The zero-order valence-electron chi connectivity index (χ0n) is 10.7. The van der Waals surface area contributed by atoms with E-state index < -0.39 is 6.10 Å². The highest BCUT2D eigenvalue weighted by atomic mass is 32.2. The van der Waals surface area contributed by atoms with Gasteiger partial charge in [-0.1, -0.05) is 42.5 Å². The fourth-order valence-electron chi connectivity index (χ4n) is 2.02. The monoisotopic (exact) mass is 269 g/mol. The van der Waals surface area contributed by atoms with Crippen LogP contribution in [0.5, 0.6) is 0 Å². The maximum Gasteiger partial charge on any atom is 0.0991 e. The number of nitrogens with zero attached hydrogens (tertiary/aromatic N) is 1. The fourth-order valence-corrected chi connectivity index (χ4v) is 2.86. The van der Waals surface area contributed by atoms with Gasteiger partial charge in [-0.3, -0.25) is 0 Å². The lowest BCUT2D eigenvalue weighted by atomic mass is 10.00. The largest absolute Gasteiger partial charge is 0.387 e. The molecule has 0 fully saturated rings. The van der Waals surface area contributed by atoms with Crippen LogP contribution in [0, 0.1) is 11.3 Å². The first-order valence-corrected chi connectivity index (χ1v) is 7.31. The maximum atomic E-state index is 10.5. The summed E-state index contributed by atoms with van der Waals surface area (Å²) >= 11 is 1.62. The van der Waals surface area contributed by atoms with Crippen molar-refractivity contribution >= 4 is 11.8 Å². The smallest absolute Gasteiger partial charge is 0.0991 e. The third kappa shape index (κ3) is 3.17. The number of aliphatic hydroxyl groups is 1.